The van der Waals surface area contributed by atoms with E-state index in [0.29, 0.717) is 36.1 Å². The van der Waals surface area contributed by atoms with Gasteiger partial charge in [0.05, 0.1) is 29.8 Å². The second kappa shape index (κ2) is 13.5. The van der Waals surface area contributed by atoms with Gasteiger partial charge in [-0.25, -0.2) is 14.6 Å². The van der Waals surface area contributed by atoms with Gasteiger partial charge < -0.3 is 36.1 Å². The van der Waals surface area contributed by atoms with Gasteiger partial charge in [-0.15, -0.1) is 0 Å². The van der Waals surface area contributed by atoms with Crippen molar-refractivity contribution in [3.8, 4) is 11.5 Å². The van der Waals surface area contributed by atoms with E-state index in [0.717, 1.165) is 10.5 Å². The number of rotatable bonds is 9. The minimum absolute atomic E-state index is 0.0463. The topological polar surface area (TPSA) is 195 Å². The second-order valence-corrected chi connectivity index (χ2v) is 9.91. The number of hydrogen-bond acceptors (Lipinski definition) is 7. The van der Waals surface area contributed by atoms with Gasteiger partial charge in [0.15, 0.2) is 17.5 Å². The van der Waals surface area contributed by atoms with Crippen LogP contribution < -0.4 is 20.9 Å². The third-order valence-corrected chi connectivity index (χ3v) is 6.86. The summed E-state index contributed by atoms with van der Waals surface area (Å²) in [4.78, 5) is 56.2. The zero-order valence-corrected chi connectivity index (χ0v) is 23.5. The molecule has 1 amide bonds. The van der Waals surface area contributed by atoms with E-state index in [-0.39, 0.29) is 41.7 Å². The fraction of sp³-hybridized carbons (Fsp3) is 0.258. The van der Waals surface area contributed by atoms with E-state index in [1.165, 1.54) is 18.2 Å². The zero-order chi connectivity index (χ0) is 31.1. The SMILES string of the molecule is CCc1cccc(CN(C(=O)c2cccc3c2OCCCc2cc(N=C(N)N)ccc2C(=O)O3)[C@@H](CC(=O)O)C(=O)O)c1. The van der Waals surface area contributed by atoms with E-state index in [1.54, 1.807) is 30.3 Å². The number of nitrogens with zero attached hydrogens (tertiary/aromatic N) is 2. The number of esters is 1. The van der Waals surface area contributed by atoms with Crippen molar-refractivity contribution in [3.05, 3.63) is 88.5 Å². The van der Waals surface area contributed by atoms with E-state index < -0.39 is 36.3 Å². The number of carbonyl (C=O) groups is 4. The molecule has 0 aromatic heterocycles. The molecule has 0 aliphatic carbocycles. The summed E-state index contributed by atoms with van der Waals surface area (Å²) < 4.78 is 11.7. The molecule has 224 valence electrons. The van der Waals surface area contributed by atoms with E-state index in [1.807, 2.05) is 19.1 Å². The van der Waals surface area contributed by atoms with Crippen molar-refractivity contribution in [2.75, 3.05) is 6.61 Å². The molecule has 0 saturated heterocycles. The van der Waals surface area contributed by atoms with E-state index in [9.17, 15) is 29.4 Å². The number of para-hydroxylation sites is 1. The normalized spacial score (nSPS) is 13.3. The number of carboxylic acids is 2. The van der Waals surface area contributed by atoms with E-state index >= 15 is 0 Å². The number of benzene rings is 3. The Morgan fingerprint density at radius 2 is 1.77 bits per heavy atom. The molecule has 3 aromatic carbocycles. The maximum absolute atomic E-state index is 14.1. The molecule has 6 N–H and O–H groups in total. The minimum atomic E-state index is -1.68. The Labute approximate surface area is 247 Å². The molecular weight excluding hydrogens is 556 g/mol. The van der Waals surface area contributed by atoms with E-state index in [4.69, 9.17) is 20.9 Å². The smallest absolute Gasteiger partial charge is 0.343 e. The molecule has 0 unspecified atom stereocenters. The molecule has 43 heavy (non-hydrogen) atoms. The first kappa shape index (κ1) is 30.6. The van der Waals surface area contributed by atoms with Crippen LogP contribution in [0, 0.1) is 0 Å². The molecule has 0 spiro atoms. The van der Waals surface area contributed by atoms with Crippen LogP contribution in [0.5, 0.6) is 11.5 Å². The van der Waals surface area contributed by atoms with Gasteiger partial charge in [-0.2, -0.15) is 0 Å². The van der Waals surface area contributed by atoms with Crippen LogP contribution >= 0.6 is 0 Å². The second-order valence-electron chi connectivity index (χ2n) is 9.91. The Balaban J connectivity index is 1.74. The van der Waals surface area contributed by atoms with Crippen LogP contribution in [0.1, 0.15) is 57.2 Å². The average molecular weight is 589 g/mol. The Kier molecular flexibility index (Phi) is 9.61. The first-order valence-electron chi connectivity index (χ1n) is 13.6. The predicted octanol–water partition coefficient (Wildman–Crippen LogP) is 3.27. The third-order valence-electron chi connectivity index (χ3n) is 6.86. The summed E-state index contributed by atoms with van der Waals surface area (Å²) in [6, 6.07) is 14.7. The van der Waals surface area contributed by atoms with Crippen molar-refractivity contribution in [1.29, 1.82) is 0 Å². The number of hydrogen-bond donors (Lipinski definition) is 4. The maximum Gasteiger partial charge on any atom is 0.343 e. The molecule has 0 radical (unpaired) electrons. The van der Waals surface area contributed by atoms with Gasteiger partial charge in [-0.05, 0) is 66.3 Å². The van der Waals surface area contributed by atoms with Crippen LogP contribution in [0.3, 0.4) is 0 Å². The average Bonchev–Trinajstić information content (AvgIpc) is 2.96. The zero-order valence-electron chi connectivity index (χ0n) is 23.5. The summed E-state index contributed by atoms with van der Waals surface area (Å²) in [7, 11) is 0. The predicted molar refractivity (Wildman–Crippen MR) is 156 cm³/mol. The van der Waals surface area contributed by atoms with Gasteiger partial charge in [0.2, 0.25) is 0 Å². The lowest BCUT2D eigenvalue weighted by atomic mass is 10.0. The highest BCUT2D eigenvalue weighted by molar-refractivity contribution is 6.01. The van der Waals surface area contributed by atoms with Gasteiger partial charge in [0.1, 0.15) is 6.04 Å². The van der Waals surface area contributed by atoms with Crippen LogP contribution in [0.15, 0.2) is 65.7 Å². The van der Waals surface area contributed by atoms with Crippen LogP contribution in [-0.2, 0) is 29.0 Å². The minimum Gasteiger partial charge on any atom is -0.489 e. The first-order valence-corrected chi connectivity index (χ1v) is 13.6. The monoisotopic (exact) mass is 588 g/mol. The van der Waals surface area contributed by atoms with Crippen LogP contribution in [0.25, 0.3) is 0 Å². The Morgan fingerprint density at radius 3 is 2.47 bits per heavy atom. The number of nitrogens with two attached hydrogens (primary N) is 2. The van der Waals surface area contributed by atoms with Gasteiger partial charge >= 0.3 is 17.9 Å². The number of ether oxygens (including phenoxy) is 2. The lowest BCUT2D eigenvalue weighted by Gasteiger charge is -2.29. The molecule has 3 aromatic rings. The van der Waals surface area contributed by atoms with Crippen molar-refractivity contribution in [3.63, 3.8) is 0 Å². The van der Waals surface area contributed by atoms with Gasteiger partial charge in [-0.3, -0.25) is 9.59 Å². The van der Waals surface area contributed by atoms with Crippen LogP contribution in [0.4, 0.5) is 5.69 Å². The van der Waals surface area contributed by atoms with E-state index in [2.05, 4.69) is 4.99 Å². The van der Waals surface area contributed by atoms with Gasteiger partial charge in [0, 0.05) is 6.54 Å². The number of carbonyl (C=O) groups excluding carboxylic acids is 2. The Hall–Kier alpha value is -5.39. The van der Waals surface area contributed by atoms with Gasteiger partial charge in [-0.1, -0.05) is 37.3 Å². The molecule has 12 heteroatoms. The highest BCUT2D eigenvalue weighted by Crippen LogP contribution is 2.35. The molecule has 0 bridgehead atoms. The Bertz CT molecular complexity index is 1580. The molecule has 4 rings (SSSR count). The highest BCUT2D eigenvalue weighted by atomic mass is 16.6. The number of aryl methyl sites for hydroxylation is 2. The number of carboxylic acid groups (broad SMARTS) is 2. The molecule has 1 aliphatic heterocycles. The number of amides is 1. The van der Waals surface area contributed by atoms with Crippen molar-refractivity contribution in [2.24, 2.45) is 16.5 Å². The summed E-state index contributed by atoms with van der Waals surface area (Å²) in [5.74, 6) is -4.57. The lowest BCUT2D eigenvalue weighted by molar-refractivity contribution is -0.149. The molecule has 1 heterocycles. The molecular formula is C31H32N4O8. The summed E-state index contributed by atoms with van der Waals surface area (Å²) in [5, 5.41) is 19.4. The molecule has 0 saturated carbocycles. The fourth-order valence-electron chi connectivity index (χ4n) is 4.83. The van der Waals surface area contributed by atoms with Crippen molar-refractivity contribution < 1.29 is 38.9 Å². The Morgan fingerprint density at radius 1 is 1.02 bits per heavy atom. The first-order chi connectivity index (χ1) is 20.6. The summed E-state index contributed by atoms with van der Waals surface area (Å²) in [6.45, 7) is 1.90. The quantitative estimate of drug-likeness (QED) is 0.125. The number of fused-ring (bicyclic) bond motifs is 2. The lowest BCUT2D eigenvalue weighted by Crippen LogP contribution is -2.46. The van der Waals surface area contributed by atoms with Crippen LogP contribution in [-0.4, -0.2) is 57.5 Å². The molecule has 12 nitrogen and oxygen atoms in total. The van der Waals surface area contributed by atoms with Gasteiger partial charge in [0.25, 0.3) is 5.91 Å². The summed E-state index contributed by atoms with van der Waals surface area (Å²) in [6.07, 6.45) is 0.739. The maximum atomic E-state index is 14.1. The third kappa shape index (κ3) is 7.47. The summed E-state index contributed by atoms with van der Waals surface area (Å²) >= 11 is 0. The number of aliphatic carboxylic acids is 2. The van der Waals surface area contributed by atoms with Crippen molar-refractivity contribution >= 4 is 35.5 Å². The highest BCUT2D eigenvalue weighted by Gasteiger charge is 2.35. The van der Waals surface area contributed by atoms with Crippen LogP contribution in [0.2, 0.25) is 0 Å². The molecule has 0 fully saturated rings. The summed E-state index contributed by atoms with van der Waals surface area (Å²) in [5.41, 5.74) is 13.9. The molecule has 1 atom stereocenters. The number of guanidine groups is 1. The number of aliphatic imine (C=N–C) groups is 1. The standard InChI is InChI=1S/C31H32N4O8/c1-2-18-6-3-7-19(14-18)17-35(24(29(39)40)16-26(36)37)28(38)23-9-4-10-25-27(23)42-13-5-8-20-15-21(34-31(32)33)11-12-22(20)30(41)43-25/h3-4,6-7,9-12,14-15,24H,2,5,8,13,16-17H2,1H3,(H,36,37)(H,39,40)(H4,32,33,34)/t24-/m0/s1. The van der Waals surface area contributed by atoms with Crippen molar-refractivity contribution in [2.45, 2.75) is 45.2 Å². The fourth-order valence-corrected chi connectivity index (χ4v) is 4.83. The largest absolute Gasteiger partial charge is 0.489 e. The van der Waals surface area contributed by atoms with Crippen molar-refractivity contribution in [1.82, 2.24) is 4.90 Å². The molecule has 1 aliphatic rings.